The molecule has 0 saturated heterocycles. The Kier molecular flexibility index (Phi) is 5.03. The van der Waals surface area contributed by atoms with Crippen LogP contribution in [0.1, 0.15) is 31.4 Å². The first-order valence-corrected chi connectivity index (χ1v) is 6.05. The number of rotatable bonds is 5. The molecule has 1 rings (SSSR count). The molecular weight excluding hydrogens is 204 g/mol. The van der Waals surface area contributed by atoms with Crippen molar-refractivity contribution in [2.24, 2.45) is 0 Å². The van der Waals surface area contributed by atoms with Crippen molar-refractivity contribution in [3.05, 3.63) is 29.3 Å². The van der Waals surface area contributed by atoms with Gasteiger partial charge < -0.3 is 4.74 Å². The molecule has 0 amide bonds. The monoisotopic (exact) mass is 224 g/mol. The van der Waals surface area contributed by atoms with Gasteiger partial charge >= 0.3 is 0 Å². The quantitative estimate of drug-likeness (QED) is 0.751. The molecule has 1 nitrogen and oxygen atoms in total. The maximum atomic E-state index is 5.65. The van der Waals surface area contributed by atoms with E-state index in [2.05, 4.69) is 44.7 Å². The van der Waals surface area contributed by atoms with Gasteiger partial charge in [0.15, 0.2) is 0 Å². The fourth-order valence-electron chi connectivity index (χ4n) is 1.53. The van der Waals surface area contributed by atoms with Gasteiger partial charge in [-0.05, 0) is 30.5 Å². The fraction of sp³-hybridized carbons (Fsp3) is 0.538. The van der Waals surface area contributed by atoms with E-state index in [4.69, 9.17) is 4.74 Å². The first-order valence-electron chi connectivity index (χ1n) is 5.54. The second kappa shape index (κ2) is 6.06. The summed E-state index contributed by atoms with van der Waals surface area (Å²) in [5.74, 6) is 0.982. The summed E-state index contributed by atoms with van der Waals surface area (Å²) >= 11 is 4.29. The van der Waals surface area contributed by atoms with Crippen molar-refractivity contribution in [1.82, 2.24) is 0 Å². The van der Waals surface area contributed by atoms with Gasteiger partial charge in [-0.3, -0.25) is 0 Å². The fourth-order valence-corrected chi connectivity index (χ4v) is 1.60. The first-order chi connectivity index (χ1) is 7.13. The van der Waals surface area contributed by atoms with Crippen LogP contribution in [-0.4, -0.2) is 11.9 Å². The molecular formula is C13H20OS. The molecule has 1 atom stereocenters. The van der Waals surface area contributed by atoms with E-state index in [0.717, 1.165) is 12.2 Å². The highest BCUT2D eigenvalue weighted by Gasteiger charge is 2.02. The Hall–Kier alpha value is -0.630. The molecule has 0 heterocycles. The molecule has 84 valence electrons. The van der Waals surface area contributed by atoms with Crippen LogP contribution >= 0.6 is 12.6 Å². The Bertz CT molecular complexity index is 307. The van der Waals surface area contributed by atoms with Crippen LogP contribution in [0.15, 0.2) is 18.2 Å². The lowest BCUT2D eigenvalue weighted by Gasteiger charge is -2.11. The molecule has 0 aliphatic carbocycles. The summed E-state index contributed by atoms with van der Waals surface area (Å²) in [6.07, 6.45) is 2.33. The third-order valence-corrected chi connectivity index (χ3v) is 2.41. The van der Waals surface area contributed by atoms with Gasteiger partial charge in [0.25, 0.3) is 0 Å². The van der Waals surface area contributed by atoms with Crippen molar-refractivity contribution in [1.29, 1.82) is 0 Å². The SMILES string of the molecule is CCCc1ccc(OCC(C)S)c(C)c1. The van der Waals surface area contributed by atoms with Gasteiger partial charge in [0.2, 0.25) is 0 Å². The molecule has 0 saturated carbocycles. The Labute approximate surface area is 98.3 Å². The van der Waals surface area contributed by atoms with Crippen LogP contribution in [0.4, 0.5) is 0 Å². The van der Waals surface area contributed by atoms with Crippen LogP contribution in [0.3, 0.4) is 0 Å². The summed E-state index contributed by atoms with van der Waals surface area (Å²) in [5.41, 5.74) is 2.61. The van der Waals surface area contributed by atoms with Crippen LogP contribution in [0.2, 0.25) is 0 Å². The van der Waals surface area contributed by atoms with Crippen LogP contribution in [0.5, 0.6) is 5.75 Å². The topological polar surface area (TPSA) is 9.23 Å². The number of ether oxygens (including phenoxy) is 1. The first kappa shape index (κ1) is 12.4. The Balaban J connectivity index is 2.66. The molecule has 0 fully saturated rings. The van der Waals surface area contributed by atoms with Crippen LogP contribution in [-0.2, 0) is 6.42 Å². The second-order valence-corrected chi connectivity index (χ2v) is 4.89. The van der Waals surface area contributed by atoms with Gasteiger partial charge in [0.1, 0.15) is 5.75 Å². The van der Waals surface area contributed by atoms with E-state index in [1.807, 2.05) is 6.92 Å². The summed E-state index contributed by atoms with van der Waals surface area (Å²) < 4.78 is 5.65. The van der Waals surface area contributed by atoms with Gasteiger partial charge in [0.05, 0.1) is 6.61 Å². The molecule has 0 N–H and O–H groups in total. The average molecular weight is 224 g/mol. The molecule has 0 aliphatic rings. The lowest BCUT2D eigenvalue weighted by Crippen LogP contribution is -2.08. The van der Waals surface area contributed by atoms with E-state index >= 15 is 0 Å². The summed E-state index contributed by atoms with van der Waals surface area (Å²) in [6, 6.07) is 6.42. The zero-order valence-corrected chi connectivity index (χ0v) is 10.7. The predicted octanol–water partition coefficient (Wildman–Crippen LogP) is 3.64. The number of benzene rings is 1. The minimum atomic E-state index is 0.278. The second-order valence-electron chi connectivity index (χ2n) is 4.01. The molecule has 15 heavy (non-hydrogen) atoms. The molecule has 1 aromatic rings. The molecule has 0 radical (unpaired) electrons. The van der Waals surface area contributed by atoms with Crippen molar-refractivity contribution in [3.63, 3.8) is 0 Å². The van der Waals surface area contributed by atoms with Crippen LogP contribution in [0, 0.1) is 6.92 Å². The zero-order chi connectivity index (χ0) is 11.3. The maximum absolute atomic E-state index is 5.65. The highest BCUT2D eigenvalue weighted by molar-refractivity contribution is 7.80. The molecule has 0 aliphatic heterocycles. The summed E-state index contributed by atoms with van der Waals surface area (Å²) in [5, 5.41) is 0.278. The predicted molar refractivity (Wildman–Crippen MR) is 69.1 cm³/mol. The third-order valence-electron chi connectivity index (χ3n) is 2.26. The molecule has 1 unspecified atom stereocenters. The standard InChI is InChI=1S/C13H20OS/c1-4-5-12-6-7-13(10(2)8-12)14-9-11(3)15/h6-8,11,15H,4-5,9H2,1-3H3. The molecule has 0 aromatic heterocycles. The number of hydrogen-bond donors (Lipinski definition) is 1. The van der Waals surface area contributed by atoms with Crippen LogP contribution < -0.4 is 4.74 Å². The molecule has 0 spiro atoms. The largest absolute Gasteiger partial charge is 0.492 e. The lowest BCUT2D eigenvalue weighted by atomic mass is 10.1. The smallest absolute Gasteiger partial charge is 0.122 e. The van der Waals surface area contributed by atoms with Crippen molar-refractivity contribution >= 4 is 12.6 Å². The number of aryl methyl sites for hydroxylation is 2. The van der Waals surface area contributed by atoms with E-state index in [-0.39, 0.29) is 5.25 Å². The van der Waals surface area contributed by atoms with E-state index in [1.54, 1.807) is 0 Å². The van der Waals surface area contributed by atoms with E-state index in [9.17, 15) is 0 Å². The third kappa shape index (κ3) is 4.17. The van der Waals surface area contributed by atoms with Gasteiger partial charge in [-0.25, -0.2) is 0 Å². The van der Waals surface area contributed by atoms with E-state index in [1.165, 1.54) is 17.5 Å². The minimum Gasteiger partial charge on any atom is -0.492 e. The highest BCUT2D eigenvalue weighted by Crippen LogP contribution is 2.20. The van der Waals surface area contributed by atoms with E-state index < -0.39 is 0 Å². The number of hydrogen-bond acceptors (Lipinski definition) is 2. The van der Waals surface area contributed by atoms with Gasteiger partial charge in [-0.2, -0.15) is 12.6 Å². The molecule has 0 bridgehead atoms. The van der Waals surface area contributed by atoms with Crippen molar-refractivity contribution in [3.8, 4) is 5.75 Å². The summed E-state index contributed by atoms with van der Waals surface area (Å²) in [7, 11) is 0. The lowest BCUT2D eigenvalue weighted by molar-refractivity contribution is 0.320. The van der Waals surface area contributed by atoms with Crippen molar-refractivity contribution in [2.75, 3.05) is 6.61 Å². The van der Waals surface area contributed by atoms with Gasteiger partial charge in [0, 0.05) is 5.25 Å². The Morgan fingerprint density at radius 2 is 2.13 bits per heavy atom. The highest BCUT2D eigenvalue weighted by atomic mass is 32.1. The molecule has 1 aromatic carbocycles. The zero-order valence-electron chi connectivity index (χ0n) is 9.79. The molecule has 2 heteroatoms. The Morgan fingerprint density at radius 3 is 2.67 bits per heavy atom. The van der Waals surface area contributed by atoms with Gasteiger partial charge in [-0.15, -0.1) is 0 Å². The Morgan fingerprint density at radius 1 is 1.40 bits per heavy atom. The van der Waals surface area contributed by atoms with E-state index in [0.29, 0.717) is 6.61 Å². The average Bonchev–Trinajstić information content (AvgIpc) is 2.17. The number of thiol groups is 1. The van der Waals surface area contributed by atoms with Crippen molar-refractivity contribution in [2.45, 2.75) is 38.9 Å². The van der Waals surface area contributed by atoms with Crippen LogP contribution in [0.25, 0.3) is 0 Å². The van der Waals surface area contributed by atoms with Gasteiger partial charge in [-0.1, -0.05) is 32.4 Å². The minimum absolute atomic E-state index is 0.278. The summed E-state index contributed by atoms with van der Waals surface area (Å²) in [6.45, 7) is 6.99. The van der Waals surface area contributed by atoms with Crippen molar-refractivity contribution < 1.29 is 4.74 Å². The maximum Gasteiger partial charge on any atom is 0.122 e. The summed E-state index contributed by atoms with van der Waals surface area (Å²) in [4.78, 5) is 0. The normalized spacial score (nSPS) is 12.5.